The highest BCUT2D eigenvalue weighted by molar-refractivity contribution is 5.99. The highest BCUT2D eigenvalue weighted by Gasteiger charge is 2.11. The van der Waals surface area contributed by atoms with Crippen molar-refractivity contribution in [2.24, 2.45) is 0 Å². The SMILES string of the molecule is COc1cc(C(C)=O)cc2cc(C)oc12. The van der Waals surface area contributed by atoms with Gasteiger partial charge in [0.25, 0.3) is 0 Å². The maximum absolute atomic E-state index is 11.3. The van der Waals surface area contributed by atoms with Crippen molar-refractivity contribution in [2.75, 3.05) is 7.11 Å². The van der Waals surface area contributed by atoms with E-state index in [1.807, 2.05) is 19.1 Å². The highest BCUT2D eigenvalue weighted by Crippen LogP contribution is 2.30. The molecule has 1 aromatic carbocycles. The van der Waals surface area contributed by atoms with Crippen molar-refractivity contribution in [1.29, 1.82) is 0 Å². The molecule has 0 spiro atoms. The van der Waals surface area contributed by atoms with Crippen LogP contribution in [0.3, 0.4) is 0 Å². The van der Waals surface area contributed by atoms with Gasteiger partial charge < -0.3 is 9.15 Å². The number of benzene rings is 1. The number of carbonyl (C=O) groups excluding carboxylic acids is 1. The number of furan rings is 1. The molecule has 2 rings (SSSR count). The van der Waals surface area contributed by atoms with Gasteiger partial charge in [0.2, 0.25) is 0 Å². The van der Waals surface area contributed by atoms with Gasteiger partial charge in [-0.3, -0.25) is 4.79 Å². The van der Waals surface area contributed by atoms with Gasteiger partial charge in [-0.15, -0.1) is 0 Å². The molecule has 3 heteroatoms. The highest BCUT2D eigenvalue weighted by atomic mass is 16.5. The Morgan fingerprint density at radius 2 is 2.07 bits per heavy atom. The quantitative estimate of drug-likeness (QED) is 0.706. The Labute approximate surface area is 87.6 Å². The predicted octanol–water partition coefficient (Wildman–Crippen LogP) is 2.95. The van der Waals surface area contributed by atoms with E-state index in [0.717, 1.165) is 11.1 Å². The number of carbonyl (C=O) groups is 1. The van der Waals surface area contributed by atoms with Gasteiger partial charge in [0.1, 0.15) is 5.76 Å². The first-order chi connectivity index (χ1) is 7.11. The Hall–Kier alpha value is -1.77. The molecule has 0 amide bonds. The van der Waals surface area contributed by atoms with Crippen LogP contribution < -0.4 is 4.74 Å². The second kappa shape index (κ2) is 3.42. The Morgan fingerprint density at radius 3 is 2.67 bits per heavy atom. The minimum absolute atomic E-state index is 0.0223. The fraction of sp³-hybridized carbons (Fsp3) is 0.250. The van der Waals surface area contributed by atoms with Crippen molar-refractivity contribution in [3.8, 4) is 5.75 Å². The molecule has 78 valence electrons. The van der Waals surface area contributed by atoms with Gasteiger partial charge in [-0.2, -0.15) is 0 Å². The van der Waals surface area contributed by atoms with Crippen molar-refractivity contribution in [1.82, 2.24) is 0 Å². The van der Waals surface area contributed by atoms with Gasteiger partial charge in [0, 0.05) is 10.9 Å². The minimum atomic E-state index is 0.0223. The van der Waals surface area contributed by atoms with E-state index in [4.69, 9.17) is 9.15 Å². The van der Waals surface area contributed by atoms with E-state index in [9.17, 15) is 4.79 Å². The van der Waals surface area contributed by atoms with E-state index >= 15 is 0 Å². The van der Waals surface area contributed by atoms with Crippen LogP contribution in [-0.4, -0.2) is 12.9 Å². The summed E-state index contributed by atoms with van der Waals surface area (Å²) in [5.41, 5.74) is 1.33. The van der Waals surface area contributed by atoms with Crippen molar-refractivity contribution in [3.05, 3.63) is 29.5 Å². The Morgan fingerprint density at radius 1 is 1.33 bits per heavy atom. The first-order valence-corrected chi connectivity index (χ1v) is 4.71. The Bertz CT molecular complexity index is 523. The van der Waals surface area contributed by atoms with E-state index < -0.39 is 0 Å². The molecule has 0 radical (unpaired) electrons. The molecule has 0 unspecified atom stereocenters. The van der Waals surface area contributed by atoms with Gasteiger partial charge in [0.05, 0.1) is 7.11 Å². The molecule has 0 atom stereocenters. The lowest BCUT2D eigenvalue weighted by Crippen LogP contribution is -1.93. The third-order valence-corrected chi connectivity index (χ3v) is 2.33. The summed E-state index contributed by atoms with van der Waals surface area (Å²) in [6.07, 6.45) is 0. The average molecular weight is 204 g/mol. The standard InChI is InChI=1S/C12H12O3/c1-7-4-10-5-9(8(2)13)6-11(14-3)12(10)15-7/h4-6H,1-3H3. The molecule has 2 aromatic rings. The summed E-state index contributed by atoms with van der Waals surface area (Å²) in [7, 11) is 1.57. The van der Waals surface area contributed by atoms with Crippen LogP contribution in [0.15, 0.2) is 22.6 Å². The molecule has 1 heterocycles. The van der Waals surface area contributed by atoms with Gasteiger partial charge >= 0.3 is 0 Å². The lowest BCUT2D eigenvalue weighted by molar-refractivity contribution is 0.101. The predicted molar refractivity (Wildman–Crippen MR) is 57.5 cm³/mol. The van der Waals surface area contributed by atoms with Crippen LogP contribution in [0.4, 0.5) is 0 Å². The summed E-state index contributed by atoms with van der Waals surface area (Å²) in [5.74, 6) is 1.43. The zero-order chi connectivity index (χ0) is 11.0. The number of ketones is 1. The summed E-state index contributed by atoms with van der Waals surface area (Å²) in [4.78, 5) is 11.3. The minimum Gasteiger partial charge on any atom is -0.493 e. The third-order valence-electron chi connectivity index (χ3n) is 2.33. The fourth-order valence-corrected chi connectivity index (χ4v) is 1.60. The van der Waals surface area contributed by atoms with Crippen molar-refractivity contribution < 1.29 is 13.9 Å². The van der Waals surface area contributed by atoms with Crippen molar-refractivity contribution in [3.63, 3.8) is 0 Å². The van der Waals surface area contributed by atoms with E-state index in [1.165, 1.54) is 6.92 Å². The first kappa shape index (κ1) is 9.77. The van der Waals surface area contributed by atoms with E-state index in [2.05, 4.69) is 0 Å². The van der Waals surface area contributed by atoms with Crippen molar-refractivity contribution in [2.45, 2.75) is 13.8 Å². The summed E-state index contributed by atoms with van der Waals surface area (Å²) in [6, 6.07) is 5.41. The lowest BCUT2D eigenvalue weighted by Gasteiger charge is -2.02. The lowest BCUT2D eigenvalue weighted by atomic mass is 10.1. The Kier molecular flexibility index (Phi) is 2.23. The molecule has 0 saturated heterocycles. The monoisotopic (exact) mass is 204 g/mol. The second-order valence-corrected chi connectivity index (χ2v) is 3.51. The van der Waals surface area contributed by atoms with Crippen LogP contribution in [0.5, 0.6) is 5.75 Å². The molecule has 0 N–H and O–H groups in total. The van der Waals surface area contributed by atoms with Crippen molar-refractivity contribution >= 4 is 16.8 Å². The Balaban J connectivity index is 2.76. The van der Waals surface area contributed by atoms with Gasteiger partial charge in [-0.1, -0.05) is 0 Å². The number of methoxy groups -OCH3 is 1. The second-order valence-electron chi connectivity index (χ2n) is 3.51. The molecule has 0 fully saturated rings. The topological polar surface area (TPSA) is 39.4 Å². The zero-order valence-electron chi connectivity index (χ0n) is 8.96. The molecule has 0 aliphatic rings. The molecule has 0 aliphatic heterocycles. The molecular weight excluding hydrogens is 192 g/mol. The number of hydrogen-bond acceptors (Lipinski definition) is 3. The normalized spacial score (nSPS) is 10.6. The van der Waals surface area contributed by atoms with Crippen LogP contribution >= 0.6 is 0 Å². The maximum atomic E-state index is 11.3. The van der Waals surface area contributed by atoms with Crippen LogP contribution in [-0.2, 0) is 0 Å². The van der Waals surface area contributed by atoms with E-state index in [1.54, 1.807) is 13.2 Å². The van der Waals surface area contributed by atoms with E-state index in [0.29, 0.717) is 16.9 Å². The third kappa shape index (κ3) is 1.61. The number of aryl methyl sites for hydroxylation is 1. The number of Topliss-reactive ketones (excluding diaryl/α,β-unsaturated/α-hetero) is 1. The molecule has 3 nitrogen and oxygen atoms in total. The van der Waals surface area contributed by atoms with E-state index in [-0.39, 0.29) is 5.78 Å². The summed E-state index contributed by atoms with van der Waals surface area (Å²) in [5, 5.41) is 0.900. The molecule has 15 heavy (non-hydrogen) atoms. The summed E-state index contributed by atoms with van der Waals surface area (Å²) < 4.78 is 10.7. The zero-order valence-corrected chi connectivity index (χ0v) is 8.96. The van der Waals surface area contributed by atoms with Crippen LogP contribution in [0, 0.1) is 6.92 Å². The smallest absolute Gasteiger partial charge is 0.176 e. The van der Waals surface area contributed by atoms with Crippen LogP contribution in [0.1, 0.15) is 23.0 Å². The number of fused-ring (bicyclic) bond motifs is 1. The molecule has 1 aromatic heterocycles. The molecule has 0 bridgehead atoms. The fourth-order valence-electron chi connectivity index (χ4n) is 1.60. The van der Waals surface area contributed by atoms with Gasteiger partial charge in [0.15, 0.2) is 17.1 Å². The molecule has 0 aliphatic carbocycles. The van der Waals surface area contributed by atoms with Gasteiger partial charge in [-0.25, -0.2) is 0 Å². The van der Waals surface area contributed by atoms with Gasteiger partial charge in [-0.05, 0) is 32.0 Å². The summed E-state index contributed by atoms with van der Waals surface area (Å²) >= 11 is 0. The summed E-state index contributed by atoms with van der Waals surface area (Å²) in [6.45, 7) is 3.40. The molecular formula is C12H12O3. The number of ether oxygens (including phenoxy) is 1. The number of hydrogen-bond donors (Lipinski definition) is 0. The average Bonchev–Trinajstić information content (AvgIpc) is 2.56. The molecule has 0 saturated carbocycles. The number of rotatable bonds is 2. The van der Waals surface area contributed by atoms with Crippen LogP contribution in [0.2, 0.25) is 0 Å². The maximum Gasteiger partial charge on any atom is 0.176 e. The van der Waals surface area contributed by atoms with Crippen LogP contribution in [0.25, 0.3) is 11.0 Å². The largest absolute Gasteiger partial charge is 0.493 e. The first-order valence-electron chi connectivity index (χ1n) is 4.71.